The maximum atomic E-state index is 13.6. The number of hydrogen-bond donors (Lipinski definition) is 2. The summed E-state index contributed by atoms with van der Waals surface area (Å²) in [5.74, 6) is -0.370. The van der Waals surface area contributed by atoms with Crippen molar-refractivity contribution in [3.63, 3.8) is 0 Å². The Morgan fingerprint density at radius 3 is 2.24 bits per heavy atom. The number of halogens is 2. The first-order valence-electron chi connectivity index (χ1n) is 6.81. The summed E-state index contributed by atoms with van der Waals surface area (Å²) in [4.78, 5) is 0.0869. The van der Waals surface area contributed by atoms with Crippen molar-refractivity contribution in [3.05, 3.63) is 29.1 Å². The lowest BCUT2D eigenvalue weighted by Crippen LogP contribution is -2.40. The third kappa shape index (κ3) is 5.54. The van der Waals surface area contributed by atoms with E-state index in [1.165, 1.54) is 12.1 Å². The van der Waals surface area contributed by atoms with Crippen molar-refractivity contribution >= 4 is 22.4 Å². The number of rotatable bonds is 7. The highest BCUT2D eigenvalue weighted by Crippen LogP contribution is 2.19. The van der Waals surface area contributed by atoms with E-state index in [9.17, 15) is 12.8 Å². The molecule has 122 valence electrons. The molecule has 1 atom stereocenters. The van der Waals surface area contributed by atoms with Crippen LogP contribution in [-0.4, -0.2) is 21.0 Å². The van der Waals surface area contributed by atoms with E-state index in [0.29, 0.717) is 17.5 Å². The van der Waals surface area contributed by atoms with E-state index < -0.39 is 10.0 Å². The van der Waals surface area contributed by atoms with Crippen LogP contribution in [0.15, 0.2) is 17.0 Å². The Kier molecular flexibility index (Phi) is 8.39. The predicted octanol–water partition coefficient (Wildman–Crippen LogP) is 2.66. The molecule has 0 saturated carbocycles. The number of benzene rings is 1. The van der Waals surface area contributed by atoms with Gasteiger partial charge in [0, 0.05) is 12.6 Å². The molecular weight excluding hydrogens is 315 g/mol. The molecule has 0 fully saturated rings. The normalized spacial score (nSPS) is 12.8. The molecule has 1 rings (SSSR count). The highest BCUT2D eigenvalue weighted by atomic mass is 35.5. The summed E-state index contributed by atoms with van der Waals surface area (Å²) in [6, 6.07) is 2.40. The third-order valence-electron chi connectivity index (χ3n) is 3.23. The highest BCUT2D eigenvalue weighted by Gasteiger charge is 2.20. The molecule has 21 heavy (non-hydrogen) atoms. The topological polar surface area (TPSA) is 72.2 Å². The zero-order valence-corrected chi connectivity index (χ0v) is 14.3. The number of sulfonamides is 1. The number of aryl methyl sites for hydroxylation is 2. The molecule has 1 aromatic carbocycles. The lowest BCUT2D eigenvalue weighted by atomic mass is 10.1. The molecule has 7 heteroatoms. The van der Waals surface area contributed by atoms with Crippen molar-refractivity contribution in [3.8, 4) is 0 Å². The fourth-order valence-electron chi connectivity index (χ4n) is 2.02. The molecule has 0 bridgehead atoms. The average molecular weight is 339 g/mol. The Hall–Kier alpha value is -0.690. The molecular formula is C14H24ClFN2O2S. The quantitative estimate of drug-likeness (QED) is 0.802. The van der Waals surface area contributed by atoms with Gasteiger partial charge in [0.1, 0.15) is 5.82 Å². The van der Waals surface area contributed by atoms with Gasteiger partial charge in [0.25, 0.3) is 0 Å². The molecule has 1 aromatic rings. The van der Waals surface area contributed by atoms with E-state index in [1.807, 2.05) is 6.92 Å². The maximum absolute atomic E-state index is 13.6. The van der Waals surface area contributed by atoms with Gasteiger partial charge in [-0.1, -0.05) is 19.8 Å². The van der Waals surface area contributed by atoms with Crippen molar-refractivity contribution in [1.29, 1.82) is 0 Å². The van der Waals surface area contributed by atoms with Gasteiger partial charge in [0.15, 0.2) is 0 Å². The summed E-state index contributed by atoms with van der Waals surface area (Å²) < 4.78 is 40.7. The summed E-state index contributed by atoms with van der Waals surface area (Å²) in [5, 5.41) is 0. The van der Waals surface area contributed by atoms with E-state index >= 15 is 0 Å². The van der Waals surface area contributed by atoms with E-state index in [2.05, 4.69) is 4.72 Å². The van der Waals surface area contributed by atoms with Crippen molar-refractivity contribution in [2.45, 2.75) is 51.0 Å². The molecule has 0 aliphatic carbocycles. The van der Waals surface area contributed by atoms with Crippen molar-refractivity contribution < 1.29 is 12.8 Å². The van der Waals surface area contributed by atoms with Crippen LogP contribution < -0.4 is 10.5 Å². The fourth-order valence-corrected chi connectivity index (χ4v) is 3.48. The molecule has 0 aliphatic rings. The van der Waals surface area contributed by atoms with E-state index in [4.69, 9.17) is 5.73 Å². The van der Waals surface area contributed by atoms with Crippen molar-refractivity contribution in [2.75, 3.05) is 6.54 Å². The summed E-state index contributed by atoms with van der Waals surface area (Å²) in [7, 11) is -3.66. The fraction of sp³-hybridized carbons (Fsp3) is 0.571. The van der Waals surface area contributed by atoms with Crippen molar-refractivity contribution in [2.24, 2.45) is 5.73 Å². The summed E-state index contributed by atoms with van der Waals surface area (Å²) in [5.41, 5.74) is 6.24. The summed E-state index contributed by atoms with van der Waals surface area (Å²) in [6.45, 7) is 5.39. The Bertz CT molecular complexity index is 541. The maximum Gasteiger partial charge on any atom is 0.240 e. The minimum Gasteiger partial charge on any atom is -0.329 e. The van der Waals surface area contributed by atoms with Gasteiger partial charge in [-0.05, 0) is 43.5 Å². The SMILES string of the molecule is CCCCC(CN)NS(=O)(=O)c1cc(C)c(F)c(C)c1.Cl. The number of hydrogen-bond acceptors (Lipinski definition) is 3. The van der Waals surface area contributed by atoms with Gasteiger partial charge in [-0.25, -0.2) is 17.5 Å². The molecule has 0 amide bonds. The minimum atomic E-state index is -3.66. The molecule has 0 radical (unpaired) electrons. The van der Waals surface area contributed by atoms with Crippen LogP contribution in [0.4, 0.5) is 4.39 Å². The first-order valence-corrected chi connectivity index (χ1v) is 8.29. The second-order valence-corrected chi connectivity index (χ2v) is 6.78. The zero-order valence-electron chi connectivity index (χ0n) is 12.6. The molecule has 0 aromatic heterocycles. The zero-order chi connectivity index (χ0) is 15.3. The Labute approximate surface area is 132 Å². The average Bonchev–Trinajstić information content (AvgIpc) is 2.40. The van der Waals surface area contributed by atoms with Crippen LogP contribution in [0.1, 0.15) is 37.3 Å². The molecule has 4 nitrogen and oxygen atoms in total. The van der Waals surface area contributed by atoms with Crippen LogP contribution in [0.25, 0.3) is 0 Å². The number of nitrogens with one attached hydrogen (secondary N) is 1. The lowest BCUT2D eigenvalue weighted by Gasteiger charge is -2.17. The first kappa shape index (κ1) is 20.3. The molecule has 0 aliphatic heterocycles. The van der Waals surface area contributed by atoms with Gasteiger partial charge < -0.3 is 5.73 Å². The smallest absolute Gasteiger partial charge is 0.240 e. The van der Waals surface area contributed by atoms with Crippen LogP contribution in [0.3, 0.4) is 0 Å². The largest absolute Gasteiger partial charge is 0.329 e. The Balaban J connectivity index is 0.00000400. The second-order valence-electron chi connectivity index (χ2n) is 5.07. The predicted molar refractivity (Wildman–Crippen MR) is 85.8 cm³/mol. The van der Waals surface area contributed by atoms with Gasteiger partial charge in [0.05, 0.1) is 4.90 Å². The third-order valence-corrected chi connectivity index (χ3v) is 4.73. The molecule has 1 unspecified atom stereocenters. The van der Waals surface area contributed by atoms with Crippen LogP contribution in [0.2, 0.25) is 0 Å². The number of unbranched alkanes of at least 4 members (excludes halogenated alkanes) is 1. The highest BCUT2D eigenvalue weighted by molar-refractivity contribution is 7.89. The Morgan fingerprint density at radius 2 is 1.81 bits per heavy atom. The van der Waals surface area contributed by atoms with Gasteiger partial charge in [-0.2, -0.15) is 0 Å². The van der Waals surface area contributed by atoms with Gasteiger partial charge in [-0.15, -0.1) is 12.4 Å². The Morgan fingerprint density at radius 1 is 1.29 bits per heavy atom. The van der Waals surface area contributed by atoms with Crippen LogP contribution in [-0.2, 0) is 10.0 Å². The second kappa shape index (κ2) is 8.68. The lowest BCUT2D eigenvalue weighted by molar-refractivity contribution is 0.516. The van der Waals surface area contributed by atoms with Gasteiger partial charge in [0.2, 0.25) is 10.0 Å². The van der Waals surface area contributed by atoms with E-state index in [0.717, 1.165) is 12.8 Å². The minimum absolute atomic E-state index is 0. The molecule has 0 spiro atoms. The standard InChI is InChI=1S/C14H23FN2O2S.ClH/c1-4-5-6-12(9-16)17-20(18,19)13-7-10(2)14(15)11(3)8-13;/h7-8,12,17H,4-6,9,16H2,1-3H3;1H. The molecule has 0 heterocycles. The molecule has 3 N–H and O–H groups in total. The van der Waals surface area contributed by atoms with E-state index in [1.54, 1.807) is 13.8 Å². The summed E-state index contributed by atoms with van der Waals surface area (Å²) in [6.07, 6.45) is 2.59. The van der Waals surface area contributed by atoms with Crippen molar-refractivity contribution in [1.82, 2.24) is 4.72 Å². The van der Waals surface area contributed by atoms with Crippen LogP contribution >= 0.6 is 12.4 Å². The van der Waals surface area contributed by atoms with Gasteiger partial charge in [-0.3, -0.25) is 0 Å². The van der Waals surface area contributed by atoms with E-state index in [-0.39, 0.29) is 35.7 Å². The molecule has 0 saturated heterocycles. The number of nitrogens with two attached hydrogens (primary N) is 1. The summed E-state index contributed by atoms with van der Waals surface area (Å²) >= 11 is 0. The van der Waals surface area contributed by atoms with Crippen LogP contribution in [0, 0.1) is 19.7 Å². The monoisotopic (exact) mass is 338 g/mol. The van der Waals surface area contributed by atoms with Gasteiger partial charge >= 0.3 is 0 Å². The van der Waals surface area contributed by atoms with Crippen LogP contribution in [0.5, 0.6) is 0 Å². The first-order chi connectivity index (χ1) is 9.31.